The predicted octanol–water partition coefficient (Wildman–Crippen LogP) is 3.69. The Labute approximate surface area is 144 Å². The Hall–Kier alpha value is -2.79. The number of benzene rings is 2. The van der Waals surface area contributed by atoms with E-state index in [1.54, 1.807) is 0 Å². The third-order valence-electron chi connectivity index (χ3n) is 4.73. The topological polar surface area (TPSA) is 82.7 Å². The molecule has 0 spiro atoms. The van der Waals surface area contributed by atoms with Gasteiger partial charge in [0.15, 0.2) is 5.43 Å². The molecule has 5 heteroatoms. The number of hydrogen-bond donors (Lipinski definition) is 3. The van der Waals surface area contributed by atoms with Crippen molar-refractivity contribution in [1.82, 2.24) is 5.32 Å². The molecule has 1 aromatic heterocycles. The second-order valence-electron chi connectivity index (χ2n) is 6.37. The van der Waals surface area contributed by atoms with Gasteiger partial charge in [-0.05, 0) is 19.4 Å². The molecular formula is C20H19NO4. The van der Waals surface area contributed by atoms with Gasteiger partial charge in [-0.3, -0.25) is 4.79 Å². The number of aromatic hydroxyl groups is 2. The zero-order chi connectivity index (χ0) is 17.4. The SMILES string of the molecule is O=c1cc(-c2ccccc2)oc2cc(O)c([C@H]3CCCCN3)c(O)c12. The van der Waals surface area contributed by atoms with E-state index in [4.69, 9.17) is 4.42 Å². The van der Waals surface area contributed by atoms with Gasteiger partial charge in [0, 0.05) is 23.7 Å². The van der Waals surface area contributed by atoms with Crippen LogP contribution in [0.4, 0.5) is 0 Å². The minimum absolute atomic E-state index is 0.0576. The summed E-state index contributed by atoms with van der Waals surface area (Å²) in [4.78, 5) is 12.6. The highest BCUT2D eigenvalue weighted by atomic mass is 16.3. The number of hydrogen-bond acceptors (Lipinski definition) is 5. The fraction of sp³-hybridized carbons (Fsp3) is 0.250. The first kappa shape index (κ1) is 15.7. The van der Waals surface area contributed by atoms with E-state index in [1.165, 1.54) is 12.1 Å². The lowest BCUT2D eigenvalue weighted by Gasteiger charge is -2.25. The van der Waals surface area contributed by atoms with E-state index in [0.29, 0.717) is 11.3 Å². The standard InChI is InChI=1S/C20H19NO4/c22-14-11-17-19(20(24)18(14)13-8-4-5-9-21-13)15(23)10-16(25-17)12-6-2-1-3-7-12/h1-3,6-7,10-11,13,21-22,24H,4-5,8-9H2/t13-/m1/s1. The van der Waals surface area contributed by atoms with Gasteiger partial charge in [0.05, 0.1) is 5.56 Å². The molecule has 0 unspecified atom stereocenters. The van der Waals surface area contributed by atoms with Crippen molar-refractivity contribution in [3.63, 3.8) is 0 Å². The highest BCUT2D eigenvalue weighted by molar-refractivity contribution is 5.88. The van der Waals surface area contributed by atoms with Crippen LogP contribution in [0.1, 0.15) is 30.9 Å². The van der Waals surface area contributed by atoms with Crippen LogP contribution < -0.4 is 10.7 Å². The maximum atomic E-state index is 12.6. The number of fused-ring (bicyclic) bond motifs is 1. The Morgan fingerprint density at radius 3 is 2.60 bits per heavy atom. The van der Waals surface area contributed by atoms with Crippen molar-refractivity contribution in [3.05, 3.63) is 58.3 Å². The summed E-state index contributed by atoms with van der Waals surface area (Å²) in [7, 11) is 0. The van der Waals surface area contributed by atoms with Gasteiger partial charge in [-0.25, -0.2) is 0 Å². The molecule has 1 aliphatic heterocycles. The highest BCUT2D eigenvalue weighted by Gasteiger charge is 2.25. The van der Waals surface area contributed by atoms with E-state index in [9.17, 15) is 15.0 Å². The van der Waals surface area contributed by atoms with Crippen LogP contribution in [0.25, 0.3) is 22.3 Å². The number of nitrogens with one attached hydrogen (secondary N) is 1. The van der Waals surface area contributed by atoms with E-state index in [1.807, 2.05) is 30.3 Å². The summed E-state index contributed by atoms with van der Waals surface area (Å²) in [6.45, 7) is 0.823. The lowest BCUT2D eigenvalue weighted by Crippen LogP contribution is -2.27. The van der Waals surface area contributed by atoms with Crippen molar-refractivity contribution in [2.75, 3.05) is 6.54 Å². The van der Waals surface area contributed by atoms with Crippen molar-refractivity contribution in [2.24, 2.45) is 0 Å². The summed E-state index contributed by atoms with van der Waals surface area (Å²) >= 11 is 0. The molecule has 0 bridgehead atoms. The maximum absolute atomic E-state index is 12.6. The Morgan fingerprint density at radius 2 is 1.88 bits per heavy atom. The third-order valence-corrected chi connectivity index (χ3v) is 4.73. The molecule has 4 rings (SSSR count). The van der Waals surface area contributed by atoms with Crippen molar-refractivity contribution >= 4 is 11.0 Å². The molecule has 1 fully saturated rings. The van der Waals surface area contributed by atoms with E-state index < -0.39 is 0 Å². The molecule has 25 heavy (non-hydrogen) atoms. The third kappa shape index (κ3) is 2.76. The van der Waals surface area contributed by atoms with E-state index in [2.05, 4.69) is 5.32 Å². The van der Waals surface area contributed by atoms with Crippen LogP contribution in [0, 0.1) is 0 Å². The van der Waals surface area contributed by atoms with Crippen LogP contribution in [0.3, 0.4) is 0 Å². The Bertz CT molecular complexity index is 972. The molecular weight excluding hydrogens is 318 g/mol. The first-order valence-corrected chi connectivity index (χ1v) is 8.46. The van der Waals surface area contributed by atoms with Gasteiger partial charge in [0.2, 0.25) is 0 Å². The number of rotatable bonds is 2. The lowest BCUT2D eigenvalue weighted by atomic mass is 9.94. The molecule has 0 saturated carbocycles. The number of phenolic OH excluding ortho intramolecular Hbond substituents is 2. The molecule has 1 saturated heterocycles. The zero-order valence-corrected chi connectivity index (χ0v) is 13.7. The van der Waals surface area contributed by atoms with Crippen LogP contribution in [0.5, 0.6) is 11.5 Å². The predicted molar refractivity (Wildman–Crippen MR) is 95.8 cm³/mol. The number of phenols is 2. The molecule has 0 amide bonds. The quantitative estimate of drug-likeness (QED) is 0.664. The first-order valence-electron chi connectivity index (χ1n) is 8.46. The summed E-state index contributed by atoms with van der Waals surface area (Å²) in [5.41, 5.74) is 1.00. The fourth-order valence-electron chi connectivity index (χ4n) is 3.49. The van der Waals surface area contributed by atoms with Crippen LogP contribution in [-0.4, -0.2) is 16.8 Å². The average molecular weight is 337 g/mol. The molecule has 3 aromatic rings. The van der Waals surface area contributed by atoms with Crippen LogP contribution in [0.15, 0.2) is 51.7 Å². The second-order valence-corrected chi connectivity index (χ2v) is 6.37. The second kappa shape index (κ2) is 6.26. The summed E-state index contributed by atoms with van der Waals surface area (Å²) < 4.78 is 5.79. The largest absolute Gasteiger partial charge is 0.507 e. The summed E-state index contributed by atoms with van der Waals surface area (Å²) in [6.07, 6.45) is 2.88. The van der Waals surface area contributed by atoms with Gasteiger partial charge < -0.3 is 19.9 Å². The van der Waals surface area contributed by atoms with Crippen LogP contribution in [-0.2, 0) is 0 Å². The van der Waals surface area contributed by atoms with E-state index >= 15 is 0 Å². The molecule has 2 aromatic carbocycles. The maximum Gasteiger partial charge on any atom is 0.197 e. The van der Waals surface area contributed by atoms with Crippen molar-refractivity contribution in [1.29, 1.82) is 0 Å². The molecule has 3 N–H and O–H groups in total. The van der Waals surface area contributed by atoms with Gasteiger partial charge >= 0.3 is 0 Å². The van der Waals surface area contributed by atoms with Crippen molar-refractivity contribution in [2.45, 2.75) is 25.3 Å². The molecule has 128 valence electrons. The number of piperidine rings is 1. The van der Waals surface area contributed by atoms with Gasteiger partial charge in [-0.15, -0.1) is 0 Å². The van der Waals surface area contributed by atoms with E-state index in [0.717, 1.165) is 31.4 Å². The molecule has 1 aliphatic rings. The van der Waals surface area contributed by atoms with Crippen LogP contribution >= 0.6 is 0 Å². The monoisotopic (exact) mass is 337 g/mol. The van der Waals surface area contributed by atoms with Gasteiger partial charge in [-0.1, -0.05) is 36.8 Å². The summed E-state index contributed by atoms with van der Waals surface area (Å²) in [5.74, 6) is 0.154. The van der Waals surface area contributed by atoms with Crippen LogP contribution in [0.2, 0.25) is 0 Å². The Kier molecular flexibility index (Phi) is 3.93. The fourth-order valence-corrected chi connectivity index (χ4v) is 3.49. The molecule has 0 radical (unpaired) electrons. The first-order chi connectivity index (χ1) is 12.1. The zero-order valence-electron chi connectivity index (χ0n) is 13.7. The average Bonchev–Trinajstić information content (AvgIpc) is 2.62. The van der Waals surface area contributed by atoms with Crippen molar-refractivity contribution in [3.8, 4) is 22.8 Å². The van der Waals surface area contributed by atoms with Gasteiger partial charge in [0.25, 0.3) is 0 Å². The highest BCUT2D eigenvalue weighted by Crippen LogP contribution is 2.41. The summed E-state index contributed by atoms with van der Waals surface area (Å²) in [5, 5.41) is 24.5. The minimum atomic E-state index is -0.324. The Balaban J connectivity index is 1.90. The van der Waals surface area contributed by atoms with Gasteiger partial charge in [-0.2, -0.15) is 0 Å². The molecule has 1 atom stereocenters. The summed E-state index contributed by atoms with van der Waals surface area (Å²) in [6, 6.07) is 11.9. The van der Waals surface area contributed by atoms with E-state index in [-0.39, 0.29) is 33.9 Å². The lowest BCUT2D eigenvalue weighted by molar-refractivity contribution is 0.372. The normalized spacial score (nSPS) is 17.7. The van der Waals surface area contributed by atoms with Gasteiger partial charge in [0.1, 0.15) is 28.2 Å². The smallest absolute Gasteiger partial charge is 0.197 e. The van der Waals surface area contributed by atoms with Crippen molar-refractivity contribution < 1.29 is 14.6 Å². The Morgan fingerprint density at radius 1 is 1.08 bits per heavy atom. The molecule has 0 aliphatic carbocycles. The molecule has 5 nitrogen and oxygen atoms in total. The molecule has 2 heterocycles. The minimum Gasteiger partial charge on any atom is -0.507 e.